The maximum Gasteiger partial charge on any atom is 0.232 e. The van der Waals surface area contributed by atoms with Gasteiger partial charge in [0.05, 0.1) is 12.6 Å². The molecule has 0 bridgehead atoms. The van der Waals surface area contributed by atoms with E-state index in [4.69, 9.17) is 0 Å². The zero-order valence-electron chi connectivity index (χ0n) is 10.8. The van der Waals surface area contributed by atoms with E-state index in [0.29, 0.717) is 5.56 Å². The average Bonchev–Trinajstić information content (AvgIpc) is 2.57. The summed E-state index contributed by atoms with van der Waals surface area (Å²) in [7, 11) is 0. The van der Waals surface area contributed by atoms with Crippen molar-refractivity contribution in [1.82, 2.24) is 4.90 Å². The Balaban J connectivity index is 2.11. The van der Waals surface area contributed by atoms with Crippen molar-refractivity contribution in [1.29, 1.82) is 0 Å². The number of carbonyl (C=O) groups excluding carboxylic acids is 2. The molecule has 1 aliphatic rings. The zero-order valence-corrected chi connectivity index (χ0v) is 12.4. The van der Waals surface area contributed by atoms with Gasteiger partial charge in [-0.1, -0.05) is 41.9 Å². The number of aliphatic hydroxyl groups is 1. The topological polar surface area (TPSA) is 57.6 Å². The summed E-state index contributed by atoms with van der Waals surface area (Å²) in [5, 5.41) is 10.1. The molecule has 19 heavy (non-hydrogen) atoms. The molecule has 2 rings (SSSR count). The van der Waals surface area contributed by atoms with Crippen molar-refractivity contribution in [3.05, 3.63) is 34.3 Å². The number of hydrogen-bond donors (Lipinski definition) is 1. The number of aliphatic hydroxyl groups excluding tert-OH is 1. The third-order valence-corrected chi connectivity index (χ3v) is 4.20. The second-order valence-electron chi connectivity index (χ2n) is 4.93. The first-order chi connectivity index (χ1) is 8.91. The maximum absolute atomic E-state index is 11.9. The van der Waals surface area contributed by atoms with E-state index in [2.05, 4.69) is 15.9 Å². The van der Waals surface area contributed by atoms with Crippen LogP contribution in [0.4, 0.5) is 0 Å². The summed E-state index contributed by atoms with van der Waals surface area (Å²) in [5.74, 6) is -1.00. The minimum Gasteiger partial charge on any atom is -0.387 e. The Labute approximate surface area is 120 Å². The maximum atomic E-state index is 11.9. The normalized spacial score (nSPS) is 24.9. The third kappa shape index (κ3) is 2.72. The van der Waals surface area contributed by atoms with Crippen LogP contribution in [-0.4, -0.2) is 28.4 Å². The standard InChI is InChI=1S/C14H16BrNO3/c1-8-9(2)14(19)16(13(8)18)7-12(17)10-3-5-11(15)6-4-10/h3-6,8-9,12,17H,7H2,1-2H3/t8-,9+,12-/m1/s1. The van der Waals surface area contributed by atoms with Gasteiger partial charge in [0.25, 0.3) is 0 Å². The summed E-state index contributed by atoms with van der Waals surface area (Å²) < 4.78 is 0.916. The molecule has 0 saturated carbocycles. The Morgan fingerprint density at radius 3 is 2.11 bits per heavy atom. The van der Waals surface area contributed by atoms with Crippen LogP contribution in [0.3, 0.4) is 0 Å². The van der Waals surface area contributed by atoms with E-state index in [9.17, 15) is 14.7 Å². The first-order valence-electron chi connectivity index (χ1n) is 6.20. The molecule has 1 aromatic rings. The van der Waals surface area contributed by atoms with E-state index in [0.717, 1.165) is 4.47 Å². The predicted molar refractivity (Wildman–Crippen MR) is 74.1 cm³/mol. The van der Waals surface area contributed by atoms with Crippen LogP contribution >= 0.6 is 15.9 Å². The highest BCUT2D eigenvalue weighted by Gasteiger charge is 2.42. The average molecular weight is 326 g/mol. The van der Waals surface area contributed by atoms with Gasteiger partial charge in [0.2, 0.25) is 11.8 Å². The Kier molecular flexibility index (Phi) is 4.06. The minimum absolute atomic E-state index is 0.0218. The molecule has 0 unspecified atom stereocenters. The van der Waals surface area contributed by atoms with E-state index in [-0.39, 0.29) is 30.2 Å². The molecule has 0 aliphatic carbocycles. The monoisotopic (exact) mass is 325 g/mol. The third-order valence-electron chi connectivity index (χ3n) is 3.67. The molecule has 1 N–H and O–H groups in total. The molecule has 0 spiro atoms. The second kappa shape index (κ2) is 5.43. The van der Waals surface area contributed by atoms with Gasteiger partial charge in [-0.25, -0.2) is 0 Å². The van der Waals surface area contributed by atoms with Crippen molar-refractivity contribution in [2.75, 3.05) is 6.54 Å². The lowest BCUT2D eigenvalue weighted by atomic mass is 10.00. The Morgan fingerprint density at radius 1 is 1.16 bits per heavy atom. The molecule has 4 nitrogen and oxygen atoms in total. The molecular weight excluding hydrogens is 310 g/mol. The zero-order chi connectivity index (χ0) is 14.2. The number of amides is 2. The summed E-state index contributed by atoms with van der Waals surface area (Å²) in [6.07, 6.45) is -0.849. The molecule has 0 aromatic heterocycles. The predicted octanol–water partition coefficient (Wildman–Crippen LogP) is 2.12. The molecule has 3 atom stereocenters. The fourth-order valence-electron chi connectivity index (χ4n) is 2.17. The second-order valence-corrected chi connectivity index (χ2v) is 5.85. The van der Waals surface area contributed by atoms with Crippen LogP contribution in [-0.2, 0) is 9.59 Å². The molecule has 1 saturated heterocycles. The van der Waals surface area contributed by atoms with E-state index in [1.165, 1.54) is 4.90 Å². The summed E-state index contributed by atoms with van der Waals surface area (Å²) in [4.78, 5) is 25.0. The van der Waals surface area contributed by atoms with Crippen molar-refractivity contribution in [2.24, 2.45) is 11.8 Å². The highest BCUT2D eigenvalue weighted by atomic mass is 79.9. The van der Waals surface area contributed by atoms with E-state index in [1.54, 1.807) is 26.0 Å². The number of hydrogen-bond acceptors (Lipinski definition) is 3. The van der Waals surface area contributed by atoms with Crippen LogP contribution in [0.1, 0.15) is 25.5 Å². The van der Waals surface area contributed by atoms with Gasteiger partial charge in [-0.3, -0.25) is 14.5 Å². The largest absolute Gasteiger partial charge is 0.387 e. The summed E-state index contributed by atoms with van der Waals surface area (Å²) >= 11 is 3.32. The number of β-amino-alcohol motifs (C(OH)–C–C–N with tert-alkyl or cyclic N) is 1. The Hall–Kier alpha value is -1.20. The summed E-state index contributed by atoms with van der Waals surface area (Å²) in [6.45, 7) is 3.52. The van der Waals surface area contributed by atoms with Crippen molar-refractivity contribution in [3.8, 4) is 0 Å². The molecule has 1 aliphatic heterocycles. The van der Waals surface area contributed by atoms with E-state index in [1.807, 2.05) is 12.1 Å². The van der Waals surface area contributed by atoms with Crippen LogP contribution in [0.5, 0.6) is 0 Å². The van der Waals surface area contributed by atoms with Gasteiger partial charge in [-0.05, 0) is 17.7 Å². The highest BCUT2D eigenvalue weighted by Crippen LogP contribution is 2.27. The van der Waals surface area contributed by atoms with Gasteiger partial charge >= 0.3 is 0 Å². The quantitative estimate of drug-likeness (QED) is 0.866. The van der Waals surface area contributed by atoms with Gasteiger partial charge in [-0.15, -0.1) is 0 Å². The number of benzene rings is 1. The van der Waals surface area contributed by atoms with Crippen LogP contribution < -0.4 is 0 Å². The number of halogens is 1. The molecule has 1 aromatic carbocycles. The van der Waals surface area contributed by atoms with Crippen LogP contribution in [0.25, 0.3) is 0 Å². The van der Waals surface area contributed by atoms with Gasteiger partial charge < -0.3 is 5.11 Å². The fraction of sp³-hybridized carbons (Fsp3) is 0.429. The highest BCUT2D eigenvalue weighted by molar-refractivity contribution is 9.10. The number of rotatable bonds is 3. The van der Waals surface area contributed by atoms with Crippen molar-refractivity contribution >= 4 is 27.7 Å². The number of carbonyl (C=O) groups is 2. The first kappa shape index (κ1) is 14.2. The lowest BCUT2D eigenvalue weighted by molar-refractivity contribution is -0.141. The lowest BCUT2D eigenvalue weighted by Crippen LogP contribution is -2.34. The fourth-order valence-corrected chi connectivity index (χ4v) is 2.44. The summed E-state index contributed by atoms with van der Waals surface area (Å²) in [6, 6.07) is 7.17. The summed E-state index contributed by atoms with van der Waals surface area (Å²) in [5.41, 5.74) is 0.691. The van der Waals surface area contributed by atoms with E-state index >= 15 is 0 Å². The molecular formula is C14H16BrNO3. The van der Waals surface area contributed by atoms with Gasteiger partial charge in [0, 0.05) is 16.3 Å². The van der Waals surface area contributed by atoms with Crippen molar-refractivity contribution < 1.29 is 14.7 Å². The van der Waals surface area contributed by atoms with Crippen LogP contribution in [0.2, 0.25) is 0 Å². The molecule has 102 valence electrons. The number of imide groups is 1. The van der Waals surface area contributed by atoms with Crippen LogP contribution in [0, 0.1) is 11.8 Å². The van der Waals surface area contributed by atoms with E-state index < -0.39 is 6.10 Å². The first-order valence-corrected chi connectivity index (χ1v) is 7.00. The smallest absolute Gasteiger partial charge is 0.232 e. The molecule has 1 heterocycles. The number of nitrogens with zero attached hydrogens (tertiary/aromatic N) is 1. The van der Waals surface area contributed by atoms with Crippen LogP contribution in [0.15, 0.2) is 28.7 Å². The van der Waals surface area contributed by atoms with Crippen molar-refractivity contribution in [3.63, 3.8) is 0 Å². The minimum atomic E-state index is -0.849. The van der Waals surface area contributed by atoms with Crippen molar-refractivity contribution in [2.45, 2.75) is 20.0 Å². The Morgan fingerprint density at radius 2 is 1.63 bits per heavy atom. The number of likely N-dealkylation sites (tertiary alicyclic amines) is 1. The lowest BCUT2D eigenvalue weighted by Gasteiger charge is -2.19. The van der Waals surface area contributed by atoms with Gasteiger partial charge in [0.15, 0.2) is 0 Å². The molecule has 1 fully saturated rings. The molecule has 2 amide bonds. The Bertz CT molecular complexity index is 480. The molecule has 5 heteroatoms. The van der Waals surface area contributed by atoms with Gasteiger partial charge in [-0.2, -0.15) is 0 Å². The SMILES string of the molecule is C[C@@H]1C(=O)N(C[C@@H](O)c2ccc(Br)cc2)C(=O)[C@@H]1C. The molecule has 0 radical (unpaired) electrons. The van der Waals surface area contributed by atoms with Gasteiger partial charge in [0.1, 0.15) is 0 Å².